The number of hydrogen-bond donors (Lipinski definition) is 1. The zero-order valence-corrected chi connectivity index (χ0v) is 15.5. The molecule has 0 aromatic heterocycles. The van der Waals surface area contributed by atoms with Crippen LogP contribution in [0.1, 0.15) is 24.7 Å². The third kappa shape index (κ3) is 3.40. The molecule has 0 saturated carbocycles. The summed E-state index contributed by atoms with van der Waals surface area (Å²) in [5, 5.41) is 12.3. The summed E-state index contributed by atoms with van der Waals surface area (Å²) in [6.45, 7) is 0. The molecule has 0 amide bonds. The Balaban J connectivity index is 1.99. The van der Waals surface area contributed by atoms with Crippen LogP contribution in [0.5, 0.6) is 0 Å². The minimum Gasteiger partial charge on any atom is -0.378 e. The highest BCUT2D eigenvalue weighted by Gasteiger charge is 2.12. The van der Waals surface area contributed by atoms with Gasteiger partial charge >= 0.3 is 0 Å². The van der Waals surface area contributed by atoms with Crippen molar-refractivity contribution >= 4 is 56.0 Å². The van der Waals surface area contributed by atoms with E-state index in [-0.39, 0.29) is 3.92 Å². The smallest absolute Gasteiger partial charge is 0.130 e. The quantitative estimate of drug-likeness (QED) is 0.357. The molecule has 2 atom stereocenters. The van der Waals surface area contributed by atoms with E-state index in [1.54, 1.807) is 0 Å². The van der Waals surface area contributed by atoms with Crippen LogP contribution in [0.15, 0.2) is 66.7 Å². The molecule has 21 heavy (non-hydrogen) atoms. The summed E-state index contributed by atoms with van der Waals surface area (Å²) in [6.07, 6.45) is 0. The Morgan fingerprint density at radius 2 is 1.33 bits per heavy atom. The molecule has 0 aliphatic rings. The molecule has 2 unspecified atom stereocenters. The van der Waals surface area contributed by atoms with Gasteiger partial charge in [0.05, 0.1) is 3.92 Å². The fourth-order valence-electron chi connectivity index (χ4n) is 2.42. The lowest BCUT2D eigenvalue weighted by Crippen LogP contribution is -1.95. The summed E-state index contributed by atoms with van der Waals surface area (Å²) in [7, 11) is 0. The van der Waals surface area contributed by atoms with E-state index < -0.39 is 4.11 Å². The lowest BCUT2D eigenvalue weighted by molar-refractivity contribution is 0.286. The first-order valence-corrected chi connectivity index (χ1v) is 9.19. The Morgan fingerprint density at radius 3 is 2.10 bits per heavy atom. The lowest BCUT2D eigenvalue weighted by atomic mass is 10.00. The molecule has 0 spiro atoms. The maximum atomic E-state index is 9.73. The highest BCUT2D eigenvalue weighted by atomic mass is 127. The number of halogens is 2. The van der Waals surface area contributed by atoms with Crippen LogP contribution in [0.2, 0.25) is 0 Å². The van der Waals surface area contributed by atoms with Gasteiger partial charge in [0.15, 0.2) is 0 Å². The van der Waals surface area contributed by atoms with E-state index >= 15 is 0 Å². The number of aliphatic hydroxyl groups is 1. The van der Waals surface area contributed by atoms with Crippen LogP contribution < -0.4 is 0 Å². The fourth-order valence-corrected chi connectivity index (χ4v) is 3.58. The summed E-state index contributed by atoms with van der Waals surface area (Å²) in [6, 6.07) is 23.2. The summed E-state index contributed by atoms with van der Waals surface area (Å²) in [5.41, 5.74) is 3.46. The van der Waals surface area contributed by atoms with Crippen molar-refractivity contribution in [2.24, 2.45) is 0 Å². The van der Waals surface area contributed by atoms with Crippen LogP contribution in [0, 0.1) is 0 Å². The molecule has 1 N–H and O–H groups in total. The first-order chi connectivity index (χ1) is 10.1. The van der Waals surface area contributed by atoms with Crippen molar-refractivity contribution in [1.82, 2.24) is 0 Å². The zero-order valence-electron chi connectivity index (χ0n) is 11.2. The predicted octanol–water partition coefficient (Wildman–Crippen LogP) is 5.79. The molecule has 0 bridgehead atoms. The van der Waals surface area contributed by atoms with Gasteiger partial charge in [-0.2, -0.15) is 0 Å². The maximum absolute atomic E-state index is 9.73. The van der Waals surface area contributed by atoms with E-state index in [2.05, 4.69) is 77.2 Å². The molecule has 3 rings (SSSR count). The Bertz CT molecular complexity index is 768. The predicted molar refractivity (Wildman–Crippen MR) is 105 cm³/mol. The Morgan fingerprint density at radius 1 is 0.667 bits per heavy atom. The van der Waals surface area contributed by atoms with Gasteiger partial charge in [0.2, 0.25) is 0 Å². The third-order valence-corrected chi connectivity index (χ3v) is 5.70. The van der Waals surface area contributed by atoms with Gasteiger partial charge in [-0.3, -0.25) is 0 Å². The normalized spacial score (nSPS) is 14.0. The van der Waals surface area contributed by atoms with E-state index in [1.165, 1.54) is 21.9 Å². The van der Waals surface area contributed by atoms with Gasteiger partial charge in [-0.1, -0.05) is 83.3 Å². The Kier molecular flexibility index (Phi) is 4.81. The summed E-state index contributed by atoms with van der Waals surface area (Å²) < 4.78 is -0.176. The number of rotatable bonds is 3. The van der Waals surface area contributed by atoms with Crippen molar-refractivity contribution in [3.05, 3.63) is 83.4 Å². The van der Waals surface area contributed by atoms with Crippen molar-refractivity contribution in [3.8, 4) is 0 Å². The monoisotopic (exact) mass is 500 g/mol. The molecule has 3 heteroatoms. The van der Waals surface area contributed by atoms with Crippen molar-refractivity contribution in [3.63, 3.8) is 0 Å². The molecular weight excluding hydrogens is 486 g/mol. The molecule has 0 heterocycles. The fraction of sp³-hybridized carbons (Fsp3) is 0.111. The Labute approximate surface area is 151 Å². The first kappa shape index (κ1) is 15.2. The van der Waals surface area contributed by atoms with Gasteiger partial charge in [0.1, 0.15) is 4.11 Å². The van der Waals surface area contributed by atoms with Gasteiger partial charge in [0.25, 0.3) is 0 Å². The van der Waals surface area contributed by atoms with Crippen molar-refractivity contribution in [2.75, 3.05) is 0 Å². The minimum atomic E-state index is -0.456. The minimum absolute atomic E-state index is 0.280. The average Bonchev–Trinajstić information content (AvgIpc) is 2.53. The topological polar surface area (TPSA) is 20.2 Å². The summed E-state index contributed by atoms with van der Waals surface area (Å²) >= 11 is 4.49. The second-order valence-electron chi connectivity index (χ2n) is 4.98. The van der Waals surface area contributed by atoms with Crippen LogP contribution >= 0.6 is 45.2 Å². The van der Waals surface area contributed by atoms with E-state index in [4.69, 9.17) is 0 Å². The van der Waals surface area contributed by atoms with E-state index in [0.717, 1.165) is 5.56 Å². The number of fused-ring (bicyclic) bond motifs is 1. The highest BCUT2D eigenvalue weighted by molar-refractivity contribution is 14.1. The second kappa shape index (κ2) is 6.62. The standard InChI is InChI=1S/C18H14I2O/c19-17(14-6-3-7-16(11-14)18(20)21)15-9-8-12-4-1-2-5-13(12)10-15/h1-11,17-18,21H. The van der Waals surface area contributed by atoms with Crippen molar-refractivity contribution in [2.45, 2.75) is 8.04 Å². The van der Waals surface area contributed by atoms with E-state index in [9.17, 15) is 5.11 Å². The van der Waals surface area contributed by atoms with Crippen LogP contribution in [-0.4, -0.2) is 5.11 Å². The van der Waals surface area contributed by atoms with E-state index in [0.29, 0.717) is 0 Å². The molecule has 3 aromatic carbocycles. The molecule has 0 aliphatic heterocycles. The van der Waals surface area contributed by atoms with Gasteiger partial charge in [-0.15, -0.1) is 0 Å². The average molecular weight is 500 g/mol. The van der Waals surface area contributed by atoms with Crippen LogP contribution in [0.4, 0.5) is 0 Å². The zero-order chi connectivity index (χ0) is 14.8. The summed E-state index contributed by atoms with van der Waals surface area (Å²) in [4.78, 5) is 0. The molecule has 1 nitrogen and oxygen atoms in total. The van der Waals surface area contributed by atoms with Gasteiger partial charge in [-0.25, -0.2) is 0 Å². The number of hydrogen-bond acceptors (Lipinski definition) is 1. The largest absolute Gasteiger partial charge is 0.378 e. The molecule has 106 valence electrons. The first-order valence-electron chi connectivity index (χ1n) is 6.70. The highest BCUT2D eigenvalue weighted by Crippen LogP contribution is 2.34. The molecular formula is C18H14I2O. The number of aliphatic hydroxyl groups excluding tert-OH is 1. The molecule has 0 radical (unpaired) electrons. The molecule has 0 fully saturated rings. The SMILES string of the molecule is OC(I)c1cccc(C(I)c2ccc3ccccc3c2)c1. The van der Waals surface area contributed by atoms with Gasteiger partial charge < -0.3 is 5.11 Å². The van der Waals surface area contributed by atoms with Crippen molar-refractivity contribution in [1.29, 1.82) is 0 Å². The molecule has 3 aromatic rings. The van der Waals surface area contributed by atoms with Gasteiger partial charge in [0, 0.05) is 0 Å². The van der Waals surface area contributed by atoms with Crippen LogP contribution in [0.3, 0.4) is 0 Å². The molecule has 0 aliphatic carbocycles. The van der Waals surface area contributed by atoms with Crippen molar-refractivity contribution < 1.29 is 5.11 Å². The van der Waals surface area contributed by atoms with Crippen LogP contribution in [-0.2, 0) is 0 Å². The third-order valence-electron chi connectivity index (χ3n) is 3.54. The number of alkyl halides is 2. The lowest BCUT2D eigenvalue weighted by Gasteiger charge is -2.14. The number of benzene rings is 3. The maximum Gasteiger partial charge on any atom is 0.130 e. The second-order valence-corrected chi connectivity index (χ2v) is 7.40. The van der Waals surface area contributed by atoms with Crippen LogP contribution in [0.25, 0.3) is 10.8 Å². The van der Waals surface area contributed by atoms with E-state index in [1.807, 2.05) is 34.7 Å². The summed E-state index contributed by atoms with van der Waals surface area (Å²) in [5.74, 6) is 0. The molecule has 0 saturated heterocycles. The Hall–Kier alpha value is -0.660. The van der Waals surface area contributed by atoms with Gasteiger partial charge in [-0.05, 0) is 56.1 Å².